The van der Waals surface area contributed by atoms with Crippen LogP contribution < -0.4 is 0 Å². The number of carbonyl (C=O) groups excluding carboxylic acids is 1. The molecule has 100 valence electrons. The van der Waals surface area contributed by atoms with Gasteiger partial charge >= 0.3 is 5.97 Å². The molecule has 2 atom stereocenters. The highest BCUT2D eigenvalue weighted by atomic mass is 35.5. The zero-order valence-corrected chi connectivity index (χ0v) is 11.3. The van der Waals surface area contributed by atoms with Crippen molar-refractivity contribution in [1.29, 1.82) is 0 Å². The number of ether oxygens (including phenoxy) is 1. The molecule has 1 saturated carbocycles. The van der Waals surface area contributed by atoms with E-state index in [4.69, 9.17) is 16.3 Å². The van der Waals surface area contributed by atoms with Crippen LogP contribution in [0.15, 0.2) is 18.3 Å². The maximum Gasteiger partial charge on any atom is 0.308 e. The molecule has 1 fully saturated rings. The van der Waals surface area contributed by atoms with E-state index in [1.165, 1.54) is 7.11 Å². The second kappa shape index (κ2) is 4.81. The van der Waals surface area contributed by atoms with Crippen molar-refractivity contribution in [3.8, 4) is 0 Å². The van der Waals surface area contributed by atoms with Gasteiger partial charge in [0.25, 0.3) is 0 Å². The highest BCUT2D eigenvalue weighted by Crippen LogP contribution is 2.38. The molecular weight excluding hydrogens is 266 g/mol. The Balaban J connectivity index is 1.87. The molecule has 0 amide bonds. The molecule has 0 spiro atoms. The van der Waals surface area contributed by atoms with Gasteiger partial charge in [0.2, 0.25) is 0 Å². The van der Waals surface area contributed by atoms with Crippen molar-refractivity contribution >= 4 is 23.2 Å². The summed E-state index contributed by atoms with van der Waals surface area (Å²) in [5.41, 5.74) is 1.67. The summed E-state index contributed by atoms with van der Waals surface area (Å²) in [7, 11) is 1.43. The number of fused-ring (bicyclic) bond motifs is 1. The van der Waals surface area contributed by atoms with Gasteiger partial charge in [-0.2, -0.15) is 5.10 Å². The third-order valence-electron chi connectivity index (χ3n) is 3.72. The minimum Gasteiger partial charge on any atom is -0.469 e. The van der Waals surface area contributed by atoms with Gasteiger partial charge in [-0.15, -0.1) is 0 Å². The molecule has 19 heavy (non-hydrogen) atoms. The molecule has 0 saturated heterocycles. The number of aromatic nitrogens is 3. The van der Waals surface area contributed by atoms with E-state index < -0.39 is 0 Å². The van der Waals surface area contributed by atoms with Crippen LogP contribution >= 0.6 is 11.6 Å². The SMILES string of the molecule is COC(=O)C1CCC(c2cc(Cl)n3nccc3n2)C1. The Kier molecular flexibility index (Phi) is 3.14. The Morgan fingerprint density at radius 2 is 2.37 bits per heavy atom. The van der Waals surface area contributed by atoms with E-state index in [0.717, 1.165) is 30.6 Å². The summed E-state index contributed by atoms with van der Waals surface area (Å²) in [5, 5.41) is 4.64. The van der Waals surface area contributed by atoms with Crippen LogP contribution in [0.25, 0.3) is 5.65 Å². The minimum atomic E-state index is -0.126. The fourth-order valence-corrected chi connectivity index (χ4v) is 2.98. The Bertz CT molecular complexity index is 625. The topological polar surface area (TPSA) is 56.5 Å². The van der Waals surface area contributed by atoms with Crippen molar-refractivity contribution < 1.29 is 9.53 Å². The van der Waals surface area contributed by atoms with Crippen molar-refractivity contribution in [2.75, 3.05) is 7.11 Å². The van der Waals surface area contributed by atoms with Gasteiger partial charge in [-0.05, 0) is 25.3 Å². The van der Waals surface area contributed by atoms with Crippen molar-refractivity contribution in [2.45, 2.75) is 25.2 Å². The fourth-order valence-electron chi connectivity index (χ4n) is 2.73. The average molecular weight is 280 g/mol. The lowest BCUT2D eigenvalue weighted by Gasteiger charge is -2.10. The van der Waals surface area contributed by atoms with Gasteiger partial charge in [0.1, 0.15) is 5.15 Å². The largest absolute Gasteiger partial charge is 0.469 e. The van der Waals surface area contributed by atoms with Gasteiger partial charge in [-0.25, -0.2) is 9.50 Å². The van der Waals surface area contributed by atoms with E-state index in [2.05, 4.69) is 10.1 Å². The molecule has 0 bridgehead atoms. The van der Waals surface area contributed by atoms with Gasteiger partial charge in [-0.3, -0.25) is 4.79 Å². The Hall–Kier alpha value is -1.62. The molecule has 0 aromatic carbocycles. The summed E-state index contributed by atoms with van der Waals surface area (Å²) < 4.78 is 6.40. The van der Waals surface area contributed by atoms with Crippen molar-refractivity contribution in [2.24, 2.45) is 5.92 Å². The number of nitrogens with zero attached hydrogens (tertiary/aromatic N) is 3. The Morgan fingerprint density at radius 1 is 1.53 bits per heavy atom. The van der Waals surface area contributed by atoms with E-state index in [1.54, 1.807) is 10.7 Å². The third kappa shape index (κ3) is 2.18. The summed E-state index contributed by atoms with van der Waals surface area (Å²) >= 11 is 6.18. The number of hydrogen-bond donors (Lipinski definition) is 0. The van der Waals surface area contributed by atoms with E-state index in [1.807, 2.05) is 12.1 Å². The van der Waals surface area contributed by atoms with E-state index in [-0.39, 0.29) is 17.8 Å². The molecule has 0 aliphatic heterocycles. The van der Waals surface area contributed by atoms with Crippen LogP contribution in [0.5, 0.6) is 0 Å². The van der Waals surface area contributed by atoms with E-state index in [0.29, 0.717) is 5.15 Å². The molecular formula is C13H14ClN3O2. The highest BCUT2D eigenvalue weighted by Gasteiger charge is 2.32. The molecule has 2 aromatic heterocycles. The summed E-state index contributed by atoms with van der Waals surface area (Å²) in [4.78, 5) is 16.1. The van der Waals surface area contributed by atoms with Gasteiger partial charge < -0.3 is 4.74 Å². The highest BCUT2D eigenvalue weighted by molar-refractivity contribution is 6.29. The summed E-state index contributed by atoms with van der Waals surface area (Å²) in [6.07, 6.45) is 4.23. The summed E-state index contributed by atoms with van der Waals surface area (Å²) in [6.45, 7) is 0. The molecule has 1 aliphatic carbocycles. The summed E-state index contributed by atoms with van der Waals surface area (Å²) in [5.74, 6) is 0.122. The average Bonchev–Trinajstić information content (AvgIpc) is 3.06. The van der Waals surface area contributed by atoms with Gasteiger partial charge in [-0.1, -0.05) is 11.6 Å². The standard InChI is InChI=1S/C13H14ClN3O2/c1-19-13(18)9-3-2-8(6-9)10-7-11(14)17-12(16-10)4-5-15-17/h4-5,7-9H,2-3,6H2,1H3. The number of hydrogen-bond acceptors (Lipinski definition) is 4. The lowest BCUT2D eigenvalue weighted by Crippen LogP contribution is -2.12. The first-order valence-electron chi connectivity index (χ1n) is 6.27. The lowest BCUT2D eigenvalue weighted by molar-refractivity contribution is -0.145. The first-order chi connectivity index (χ1) is 9.19. The molecule has 2 unspecified atom stereocenters. The molecule has 5 nitrogen and oxygen atoms in total. The second-order valence-corrected chi connectivity index (χ2v) is 5.22. The molecule has 1 aliphatic rings. The van der Waals surface area contributed by atoms with Crippen LogP contribution in [-0.4, -0.2) is 27.7 Å². The van der Waals surface area contributed by atoms with E-state index >= 15 is 0 Å². The smallest absolute Gasteiger partial charge is 0.308 e. The van der Waals surface area contributed by atoms with Crippen molar-refractivity contribution in [1.82, 2.24) is 14.6 Å². The van der Waals surface area contributed by atoms with E-state index in [9.17, 15) is 4.79 Å². The van der Waals surface area contributed by atoms with Crippen LogP contribution in [0.4, 0.5) is 0 Å². The molecule has 0 radical (unpaired) electrons. The Morgan fingerprint density at radius 3 is 3.16 bits per heavy atom. The monoisotopic (exact) mass is 279 g/mol. The first kappa shape index (κ1) is 12.4. The normalized spacial score (nSPS) is 22.8. The number of methoxy groups -OCH3 is 1. The van der Waals surface area contributed by atoms with Crippen molar-refractivity contribution in [3.63, 3.8) is 0 Å². The van der Waals surface area contributed by atoms with Crippen LogP contribution in [0, 0.1) is 5.92 Å². The summed E-state index contributed by atoms with van der Waals surface area (Å²) in [6, 6.07) is 3.66. The van der Waals surface area contributed by atoms with Crippen LogP contribution in [0.2, 0.25) is 5.15 Å². The zero-order chi connectivity index (χ0) is 13.4. The number of rotatable bonds is 2. The zero-order valence-electron chi connectivity index (χ0n) is 10.5. The van der Waals surface area contributed by atoms with Crippen molar-refractivity contribution in [3.05, 3.63) is 29.2 Å². The predicted octanol–water partition coefficient (Wildman–Crippen LogP) is 2.44. The number of carbonyl (C=O) groups is 1. The first-order valence-corrected chi connectivity index (χ1v) is 6.65. The minimum absolute atomic E-state index is 0.0169. The third-order valence-corrected chi connectivity index (χ3v) is 3.99. The van der Waals surface area contributed by atoms with Crippen LogP contribution in [0.1, 0.15) is 30.9 Å². The number of halogens is 1. The lowest BCUT2D eigenvalue weighted by atomic mass is 10.0. The molecule has 0 N–H and O–H groups in total. The molecule has 6 heteroatoms. The fraction of sp³-hybridized carbons (Fsp3) is 0.462. The van der Waals surface area contributed by atoms with Crippen LogP contribution in [0.3, 0.4) is 0 Å². The molecule has 2 heterocycles. The maximum atomic E-state index is 11.5. The van der Waals surface area contributed by atoms with Crippen LogP contribution in [-0.2, 0) is 9.53 Å². The quantitative estimate of drug-likeness (QED) is 0.626. The van der Waals surface area contributed by atoms with Gasteiger partial charge in [0.05, 0.1) is 19.2 Å². The Labute approximate surface area is 115 Å². The van der Waals surface area contributed by atoms with Gasteiger partial charge in [0.15, 0.2) is 5.65 Å². The number of esters is 1. The van der Waals surface area contributed by atoms with Gasteiger partial charge in [0, 0.05) is 17.7 Å². The second-order valence-electron chi connectivity index (χ2n) is 4.83. The molecule has 3 rings (SSSR count). The maximum absolute atomic E-state index is 11.5. The molecule has 2 aromatic rings. The predicted molar refractivity (Wildman–Crippen MR) is 70.1 cm³/mol.